The lowest BCUT2D eigenvalue weighted by molar-refractivity contribution is 0.210. The van der Waals surface area contributed by atoms with Gasteiger partial charge < -0.3 is 10.4 Å². The van der Waals surface area contributed by atoms with Crippen molar-refractivity contribution in [1.82, 2.24) is 4.31 Å². The van der Waals surface area contributed by atoms with Crippen molar-refractivity contribution >= 4 is 15.7 Å². The predicted octanol–water partition coefficient (Wildman–Crippen LogP) is 4.20. The first-order valence-corrected chi connectivity index (χ1v) is 12.1. The second-order valence-electron chi connectivity index (χ2n) is 8.38. The number of aryl methyl sites for hydroxylation is 1. The summed E-state index contributed by atoms with van der Waals surface area (Å²) in [6.07, 6.45) is 0.711. The van der Waals surface area contributed by atoms with Gasteiger partial charge in [0.05, 0.1) is 23.6 Å². The standard InChI is InChI=1S/C25H26N2O3S/c1-17-7-5-6-10-24(17)31(29,30)27-14-13-20-23(16-28)26-22-12-11-19(15-21(22)25(20)27)18-8-3-2-4-9-18/h2-12,15,20,23,25-26,28H,13-14,16H2,1H3/t20-,23+,25-/m0/s1. The lowest BCUT2D eigenvalue weighted by Crippen LogP contribution is -2.42. The molecular weight excluding hydrogens is 408 g/mol. The molecule has 0 bridgehead atoms. The topological polar surface area (TPSA) is 69.6 Å². The highest BCUT2D eigenvalue weighted by molar-refractivity contribution is 7.89. The monoisotopic (exact) mass is 434 g/mol. The Kier molecular flexibility index (Phi) is 5.08. The molecule has 5 nitrogen and oxygen atoms in total. The number of aliphatic hydroxyl groups is 1. The molecular formula is C25H26N2O3S. The zero-order chi connectivity index (χ0) is 21.6. The second-order valence-corrected chi connectivity index (χ2v) is 10.2. The minimum absolute atomic E-state index is 0.0160. The number of hydrogen-bond acceptors (Lipinski definition) is 4. The molecule has 0 radical (unpaired) electrons. The maximum atomic E-state index is 13.7. The predicted molar refractivity (Wildman–Crippen MR) is 122 cm³/mol. The van der Waals surface area contributed by atoms with E-state index in [0.717, 1.165) is 27.9 Å². The number of fused-ring (bicyclic) bond motifs is 3. The third kappa shape index (κ3) is 3.35. The molecule has 1 saturated heterocycles. The van der Waals surface area contributed by atoms with Crippen LogP contribution >= 0.6 is 0 Å². The van der Waals surface area contributed by atoms with Gasteiger partial charge in [0, 0.05) is 18.2 Å². The van der Waals surface area contributed by atoms with Crippen LogP contribution in [0.25, 0.3) is 11.1 Å². The summed E-state index contributed by atoms with van der Waals surface area (Å²) < 4.78 is 29.1. The van der Waals surface area contributed by atoms with E-state index in [1.165, 1.54) is 0 Å². The molecule has 0 unspecified atom stereocenters. The number of nitrogens with zero attached hydrogens (tertiary/aromatic N) is 1. The molecule has 0 aromatic heterocycles. The number of benzene rings is 3. The first kappa shape index (κ1) is 20.2. The van der Waals surface area contributed by atoms with Crippen LogP contribution in [0, 0.1) is 12.8 Å². The van der Waals surface area contributed by atoms with Crippen molar-refractivity contribution in [2.75, 3.05) is 18.5 Å². The van der Waals surface area contributed by atoms with E-state index in [9.17, 15) is 13.5 Å². The first-order valence-electron chi connectivity index (χ1n) is 10.6. The van der Waals surface area contributed by atoms with Crippen LogP contribution in [0.5, 0.6) is 0 Å². The molecule has 2 aliphatic rings. The third-order valence-corrected chi connectivity index (χ3v) is 8.65. The Morgan fingerprint density at radius 2 is 1.74 bits per heavy atom. The highest BCUT2D eigenvalue weighted by atomic mass is 32.2. The Morgan fingerprint density at radius 1 is 1.00 bits per heavy atom. The molecule has 6 heteroatoms. The summed E-state index contributed by atoms with van der Waals surface area (Å²) in [5, 5.41) is 13.5. The zero-order valence-corrected chi connectivity index (χ0v) is 18.2. The molecule has 0 amide bonds. The molecule has 5 rings (SSSR count). The fraction of sp³-hybridized carbons (Fsp3) is 0.280. The van der Waals surface area contributed by atoms with Gasteiger partial charge >= 0.3 is 0 Å². The van der Waals surface area contributed by atoms with Crippen LogP contribution in [-0.2, 0) is 10.0 Å². The fourth-order valence-corrected chi connectivity index (χ4v) is 6.97. The maximum absolute atomic E-state index is 13.7. The smallest absolute Gasteiger partial charge is 0.243 e. The van der Waals surface area contributed by atoms with Crippen molar-refractivity contribution in [2.24, 2.45) is 5.92 Å². The molecule has 2 aliphatic heterocycles. The molecule has 1 fully saturated rings. The molecule has 0 saturated carbocycles. The van der Waals surface area contributed by atoms with E-state index in [4.69, 9.17) is 0 Å². The molecule has 3 aromatic rings. The zero-order valence-electron chi connectivity index (χ0n) is 17.4. The van der Waals surface area contributed by atoms with Gasteiger partial charge in [-0.25, -0.2) is 8.42 Å². The van der Waals surface area contributed by atoms with Crippen molar-refractivity contribution in [3.8, 4) is 11.1 Å². The lowest BCUT2D eigenvalue weighted by Gasteiger charge is -2.39. The Bertz CT molecular complexity index is 1210. The number of rotatable bonds is 4. The van der Waals surface area contributed by atoms with Gasteiger partial charge in [0.15, 0.2) is 0 Å². The summed E-state index contributed by atoms with van der Waals surface area (Å²) in [6.45, 7) is 2.25. The minimum Gasteiger partial charge on any atom is -0.394 e. The minimum atomic E-state index is -3.67. The van der Waals surface area contributed by atoms with Crippen molar-refractivity contribution in [2.45, 2.75) is 30.3 Å². The van der Waals surface area contributed by atoms with Gasteiger partial charge in [0.25, 0.3) is 0 Å². The van der Waals surface area contributed by atoms with Gasteiger partial charge in [-0.1, -0.05) is 54.6 Å². The molecule has 2 N–H and O–H groups in total. The van der Waals surface area contributed by atoms with Crippen molar-refractivity contribution in [1.29, 1.82) is 0 Å². The highest BCUT2D eigenvalue weighted by Gasteiger charge is 2.48. The van der Waals surface area contributed by atoms with Crippen LogP contribution in [-0.4, -0.2) is 37.0 Å². The number of anilines is 1. The van der Waals surface area contributed by atoms with Crippen molar-refractivity contribution in [3.05, 3.63) is 83.9 Å². The Labute approximate surface area is 183 Å². The van der Waals surface area contributed by atoms with Crippen molar-refractivity contribution in [3.63, 3.8) is 0 Å². The van der Waals surface area contributed by atoms with E-state index in [-0.39, 0.29) is 24.6 Å². The quantitative estimate of drug-likeness (QED) is 0.646. The molecule has 3 aromatic carbocycles. The first-order chi connectivity index (χ1) is 15.0. The van der Waals surface area contributed by atoms with Crippen molar-refractivity contribution < 1.29 is 13.5 Å². The average Bonchev–Trinajstić information content (AvgIpc) is 3.25. The van der Waals surface area contributed by atoms with E-state index in [1.54, 1.807) is 16.4 Å². The largest absolute Gasteiger partial charge is 0.394 e. The van der Waals surface area contributed by atoms with Crippen LogP contribution in [0.1, 0.15) is 23.6 Å². The van der Waals surface area contributed by atoms with E-state index < -0.39 is 10.0 Å². The SMILES string of the molecule is Cc1ccccc1S(=O)(=O)N1CC[C@@H]2[C@H]1c1cc(-c3ccccc3)ccc1N[C@@H]2CO. The van der Waals surface area contributed by atoms with Gasteiger partial charge in [-0.2, -0.15) is 4.31 Å². The number of hydrogen-bond donors (Lipinski definition) is 2. The molecule has 31 heavy (non-hydrogen) atoms. The summed E-state index contributed by atoms with van der Waals surface area (Å²) in [5.41, 5.74) is 4.77. The lowest BCUT2D eigenvalue weighted by atomic mass is 9.82. The van der Waals surface area contributed by atoms with Crippen LogP contribution < -0.4 is 5.32 Å². The normalized spacial score (nSPS) is 23.1. The van der Waals surface area contributed by atoms with E-state index in [1.807, 2.05) is 49.4 Å². The highest BCUT2D eigenvalue weighted by Crippen LogP contribution is 2.49. The summed E-state index contributed by atoms with van der Waals surface area (Å²) in [4.78, 5) is 0.357. The average molecular weight is 435 g/mol. The molecule has 3 atom stereocenters. The van der Waals surface area contributed by atoms with E-state index in [2.05, 4.69) is 23.5 Å². The summed E-state index contributed by atoms with van der Waals surface area (Å²) in [6, 6.07) is 22.9. The fourth-order valence-electron chi connectivity index (χ4n) is 5.07. The van der Waals surface area contributed by atoms with Crippen LogP contribution in [0.2, 0.25) is 0 Å². The van der Waals surface area contributed by atoms with Gasteiger partial charge in [-0.05, 0) is 53.8 Å². The number of aliphatic hydroxyl groups excluding tert-OH is 1. The molecule has 0 spiro atoms. The second kappa shape index (κ2) is 7.79. The Morgan fingerprint density at radius 3 is 2.48 bits per heavy atom. The van der Waals surface area contributed by atoms with Gasteiger partial charge in [-0.15, -0.1) is 0 Å². The summed E-state index contributed by atoms with van der Waals surface area (Å²) in [5.74, 6) is 0.0160. The summed E-state index contributed by atoms with van der Waals surface area (Å²) >= 11 is 0. The maximum Gasteiger partial charge on any atom is 0.243 e. The number of sulfonamides is 1. The number of nitrogens with one attached hydrogen (secondary N) is 1. The molecule has 160 valence electrons. The summed E-state index contributed by atoms with van der Waals surface area (Å²) in [7, 11) is -3.67. The third-order valence-electron chi connectivity index (χ3n) is 6.61. The van der Waals surface area contributed by atoms with Gasteiger partial charge in [0.2, 0.25) is 10.0 Å². The van der Waals surface area contributed by atoms with E-state index in [0.29, 0.717) is 17.9 Å². The van der Waals surface area contributed by atoms with Gasteiger partial charge in [-0.3, -0.25) is 0 Å². The molecule has 0 aliphatic carbocycles. The van der Waals surface area contributed by atoms with Crippen LogP contribution in [0.15, 0.2) is 77.7 Å². The van der Waals surface area contributed by atoms with Crippen LogP contribution in [0.4, 0.5) is 5.69 Å². The van der Waals surface area contributed by atoms with E-state index >= 15 is 0 Å². The molecule has 2 heterocycles. The Hall–Kier alpha value is -2.67. The van der Waals surface area contributed by atoms with Crippen LogP contribution in [0.3, 0.4) is 0 Å². The Balaban J connectivity index is 1.63. The van der Waals surface area contributed by atoms with Gasteiger partial charge in [0.1, 0.15) is 0 Å².